The minimum absolute atomic E-state index is 0.0212. The lowest BCUT2D eigenvalue weighted by Gasteiger charge is -2.23. The van der Waals surface area contributed by atoms with Gasteiger partial charge in [-0.2, -0.15) is 0 Å². The van der Waals surface area contributed by atoms with Crippen LogP contribution in [-0.4, -0.2) is 9.38 Å². The Morgan fingerprint density at radius 2 is 1.85 bits per heavy atom. The van der Waals surface area contributed by atoms with E-state index in [2.05, 4.69) is 62.3 Å². The van der Waals surface area contributed by atoms with Crippen molar-refractivity contribution in [2.75, 3.05) is 0 Å². The molecule has 3 aromatic rings. The average Bonchev–Trinajstić information content (AvgIpc) is 3.10. The number of fused-ring (bicyclic) bond motifs is 1. The molecule has 0 unspecified atom stereocenters. The van der Waals surface area contributed by atoms with Crippen molar-refractivity contribution in [3.8, 4) is 0 Å². The van der Waals surface area contributed by atoms with Crippen molar-refractivity contribution in [1.82, 2.24) is 14.7 Å². The smallest absolute Gasteiger partial charge is 0.258 e. The van der Waals surface area contributed by atoms with Crippen molar-refractivity contribution in [3.63, 3.8) is 0 Å². The molecule has 2 atom stereocenters. The summed E-state index contributed by atoms with van der Waals surface area (Å²) in [4.78, 5) is 17.5. The van der Waals surface area contributed by atoms with E-state index >= 15 is 0 Å². The van der Waals surface area contributed by atoms with Gasteiger partial charge in [0, 0.05) is 30.2 Å². The van der Waals surface area contributed by atoms with Gasteiger partial charge in [-0.1, -0.05) is 52.0 Å². The zero-order valence-corrected chi connectivity index (χ0v) is 16.7. The molecule has 0 spiro atoms. The van der Waals surface area contributed by atoms with Gasteiger partial charge >= 0.3 is 0 Å². The van der Waals surface area contributed by atoms with Crippen LogP contribution in [0.3, 0.4) is 0 Å². The number of rotatable bonds is 7. The lowest BCUT2D eigenvalue weighted by Crippen LogP contribution is -2.27. The molecule has 26 heavy (non-hydrogen) atoms. The van der Waals surface area contributed by atoms with Gasteiger partial charge in [-0.15, -0.1) is 11.3 Å². The zero-order valence-electron chi connectivity index (χ0n) is 15.9. The van der Waals surface area contributed by atoms with Gasteiger partial charge < -0.3 is 5.32 Å². The molecule has 1 N–H and O–H groups in total. The molecule has 5 heteroatoms. The van der Waals surface area contributed by atoms with Gasteiger partial charge in [0.2, 0.25) is 0 Å². The third-order valence-electron chi connectivity index (χ3n) is 5.00. The first-order valence-electron chi connectivity index (χ1n) is 9.28. The Morgan fingerprint density at radius 1 is 1.15 bits per heavy atom. The van der Waals surface area contributed by atoms with Crippen molar-refractivity contribution < 1.29 is 0 Å². The number of hydrogen-bond donors (Lipinski definition) is 1. The Labute approximate surface area is 158 Å². The molecule has 1 aromatic carbocycles. The van der Waals surface area contributed by atoms with Crippen molar-refractivity contribution in [1.29, 1.82) is 0 Å². The predicted octanol–water partition coefficient (Wildman–Crippen LogP) is 4.76. The first-order valence-corrected chi connectivity index (χ1v) is 10.2. The van der Waals surface area contributed by atoms with Crippen LogP contribution in [0.1, 0.15) is 62.9 Å². The van der Waals surface area contributed by atoms with E-state index < -0.39 is 0 Å². The topological polar surface area (TPSA) is 46.4 Å². The van der Waals surface area contributed by atoms with Gasteiger partial charge in [0.15, 0.2) is 4.96 Å². The second-order valence-electron chi connectivity index (χ2n) is 7.22. The fourth-order valence-electron chi connectivity index (χ4n) is 3.20. The number of aromatic nitrogens is 2. The lowest BCUT2D eigenvalue weighted by atomic mass is 9.92. The lowest BCUT2D eigenvalue weighted by molar-refractivity contribution is 0.408. The molecular weight excluding hydrogens is 342 g/mol. The van der Waals surface area contributed by atoms with E-state index in [1.165, 1.54) is 22.5 Å². The molecule has 0 radical (unpaired) electrons. The normalized spacial score (nSPS) is 14.0. The van der Waals surface area contributed by atoms with Crippen LogP contribution < -0.4 is 10.9 Å². The standard InChI is InChI=1S/C21H27N3OS/c1-5-15(4)16-6-8-17(9-7-16)20(14(2)3)22-13-18-12-19(25)24-10-11-26-21(24)23-18/h6-12,14-15,20,22H,5,13H2,1-4H3/t15-,20-/m0/s1. The Hall–Kier alpha value is -1.98. The van der Waals surface area contributed by atoms with E-state index in [0.29, 0.717) is 18.4 Å². The molecule has 0 aliphatic rings. The fraction of sp³-hybridized carbons (Fsp3) is 0.429. The monoisotopic (exact) mass is 369 g/mol. The van der Waals surface area contributed by atoms with Gasteiger partial charge in [-0.05, 0) is 29.4 Å². The van der Waals surface area contributed by atoms with E-state index in [-0.39, 0.29) is 11.6 Å². The van der Waals surface area contributed by atoms with Gasteiger partial charge in [0.05, 0.1) is 5.69 Å². The molecule has 0 fully saturated rings. The molecule has 0 aliphatic carbocycles. The average molecular weight is 370 g/mol. The summed E-state index contributed by atoms with van der Waals surface area (Å²) in [5.41, 5.74) is 3.43. The van der Waals surface area contributed by atoms with Crippen LogP contribution in [0.25, 0.3) is 4.96 Å². The van der Waals surface area contributed by atoms with Crippen LogP contribution >= 0.6 is 11.3 Å². The SMILES string of the molecule is CC[C@H](C)c1ccc([C@@H](NCc2cc(=O)n3ccsc3n2)C(C)C)cc1. The molecule has 4 nitrogen and oxygen atoms in total. The van der Waals surface area contributed by atoms with Crippen LogP contribution in [0, 0.1) is 5.92 Å². The van der Waals surface area contributed by atoms with Crippen molar-refractivity contribution in [3.05, 3.63) is 69.1 Å². The number of thiazole rings is 1. The van der Waals surface area contributed by atoms with Gasteiger partial charge in [0.1, 0.15) is 0 Å². The molecule has 2 heterocycles. The number of benzene rings is 1. The first-order chi connectivity index (χ1) is 12.5. The van der Waals surface area contributed by atoms with Gasteiger partial charge in [0.25, 0.3) is 5.56 Å². The number of nitrogens with zero attached hydrogens (tertiary/aromatic N) is 2. The van der Waals surface area contributed by atoms with E-state index in [9.17, 15) is 4.79 Å². The summed E-state index contributed by atoms with van der Waals surface area (Å²) in [6.45, 7) is 9.49. The molecule has 3 rings (SSSR count). The molecular formula is C21H27N3OS. The van der Waals surface area contributed by atoms with Crippen LogP contribution in [0.5, 0.6) is 0 Å². The second-order valence-corrected chi connectivity index (χ2v) is 8.09. The minimum atomic E-state index is -0.0212. The summed E-state index contributed by atoms with van der Waals surface area (Å²) in [7, 11) is 0. The zero-order chi connectivity index (χ0) is 18.7. The summed E-state index contributed by atoms with van der Waals surface area (Å²) < 4.78 is 1.59. The van der Waals surface area contributed by atoms with Crippen molar-refractivity contribution in [2.24, 2.45) is 5.92 Å². The minimum Gasteiger partial charge on any atom is -0.304 e. The quantitative estimate of drug-likeness (QED) is 0.653. The molecule has 0 amide bonds. The van der Waals surface area contributed by atoms with E-state index in [1.54, 1.807) is 16.7 Å². The highest BCUT2D eigenvalue weighted by molar-refractivity contribution is 7.15. The maximum Gasteiger partial charge on any atom is 0.258 e. The molecule has 0 aliphatic heterocycles. The van der Waals surface area contributed by atoms with Crippen molar-refractivity contribution in [2.45, 2.75) is 52.6 Å². The Kier molecular flexibility index (Phi) is 5.89. The summed E-state index contributed by atoms with van der Waals surface area (Å²) in [5, 5.41) is 5.48. The van der Waals surface area contributed by atoms with Crippen LogP contribution in [-0.2, 0) is 6.54 Å². The highest BCUT2D eigenvalue weighted by Crippen LogP contribution is 2.25. The van der Waals surface area contributed by atoms with Crippen LogP contribution in [0.2, 0.25) is 0 Å². The van der Waals surface area contributed by atoms with Crippen molar-refractivity contribution >= 4 is 16.3 Å². The highest BCUT2D eigenvalue weighted by Gasteiger charge is 2.16. The van der Waals surface area contributed by atoms with Crippen LogP contribution in [0.4, 0.5) is 0 Å². The first kappa shape index (κ1) is 18.8. The highest BCUT2D eigenvalue weighted by atomic mass is 32.1. The molecule has 0 saturated carbocycles. The molecule has 0 saturated heterocycles. The molecule has 0 bridgehead atoms. The number of hydrogen-bond acceptors (Lipinski definition) is 4. The number of nitrogens with one attached hydrogen (secondary N) is 1. The molecule has 2 aromatic heterocycles. The maximum atomic E-state index is 12.1. The second kappa shape index (κ2) is 8.14. The largest absolute Gasteiger partial charge is 0.304 e. The van der Waals surface area contributed by atoms with Gasteiger partial charge in [-0.25, -0.2) is 4.98 Å². The third-order valence-corrected chi connectivity index (χ3v) is 5.76. The van der Waals surface area contributed by atoms with E-state index in [4.69, 9.17) is 0 Å². The maximum absolute atomic E-state index is 12.1. The third kappa shape index (κ3) is 4.05. The predicted molar refractivity (Wildman–Crippen MR) is 109 cm³/mol. The Bertz CT molecular complexity index is 911. The summed E-state index contributed by atoms with van der Waals surface area (Å²) in [6.07, 6.45) is 2.92. The summed E-state index contributed by atoms with van der Waals surface area (Å²) >= 11 is 1.48. The van der Waals surface area contributed by atoms with E-state index in [1.807, 2.05) is 5.38 Å². The fourth-order valence-corrected chi connectivity index (χ4v) is 3.94. The Morgan fingerprint density at radius 3 is 2.50 bits per heavy atom. The summed E-state index contributed by atoms with van der Waals surface area (Å²) in [5.74, 6) is 1.03. The van der Waals surface area contributed by atoms with E-state index in [0.717, 1.165) is 17.1 Å². The summed E-state index contributed by atoms with van der Waals surface area (Å²) in [6, 6.07) is 10.8. The van der Waals surface area contributed by atoms with Crippen LogP contribution in [0.15, 0.2) is 46.7 Å². The molecule has 138 valence electrons. The Balaban J connectivity index is 1.76. The van der Waals surface area contributed by atoms with Gasteiger partial charge in [-0.3, -0.25) is 9.20 Å².